The summed E-state index contributed by atoms with van der Waals surface area (Å²) in [6, 6.07) is 0. The van der Waals surface area contributed by atoms with Gasteiger partial charge in [0.2, 0.25) is 0 Å². The zero-order valence-electron chi connectivity index (χ0n) is 3.44. The van der Waals surface area contributed by atoms with E-state index in [0.29, 0.717) is 5.37 Å². The molecule has 1 aliphatic heterocycles. The molecular weight excluding hydrogens is 96.1 g/mol. The Morgan fingerprint density at radius 1 is 1.67 bits per heavy atom. The molecule has 3 heteroatoms. The molecule has 1 rings (SSSR count). The van der Waals surface area contributed by atoms with Crippen molar-refractivity contribution in [2.75, 3.05) is 6.54 Å². The lowest BCUT2D eigenvalue weighted by Crippen LogP contribution is -2.25. The van der Waals surface area contributed by atoms with Crippen molar-refractivity contribution >= 4 is 12.6 Å². The van der Waals surface area contributed by atoms with E-state index in [2.05, 4.69) is 23.5 Å². The van der Waals surface area contributed by atoms with E-state index in [-0.39, 0.29) is 0 Å². The molecule has 0 aromatic carbocycles. The Kier molecular flexibility index (Phi) is 1.34. The Hall–Kier alpha value is 0.270. The summed E-state index contributed by atoms with van der Waals surface area (Å²) in [7, 11) is 0. The maximum Gasteiger partial charge on any atom is 0.0649 e. The Balaban J connectivity index is 2.18. The number of rotatable bonds is 0. The molecule has 0 amide bonds. The molecule has 36 valence electrons. The molecule has 1 saturated heterocycles. The molecule has 0 saturated carbocycles. The lowest BCUT2D eigenvalue weighted by atomic mass is 10.5. The first kappa shape index (κ1) is 4.43. The molecule has 0 bridgehead atoms. The van der Waals surface area contributed by atoms with E-state index >= 15 is 0 Å². The molecule has 1 aliphatic rings. The van der Waals surface area contributed by atoms with E-state index in [9.17, 15) is 0 Å². The van der Waals surface area contributed by atoms with Gasteiger partial charge in [-0.25, -0.2) is 5.43 Å². The molecule has 1 heterocycles. The third-order valence-electron chi connectivity index (χ3n) is 0.811. The second-order valence-corrected chi connectivity index (χ2v) is 2.00. The van der Waals surface area contributed by atoms with E-state index < -0.39 is 0 Å². The molecule has 2 N–H and O–H groups in total. The summed E-state index contributed by atoms with van der Waals surface area (Å²) in [5, 5.41) is 0.380. The van der Waals surface area contributed by atoms with Crippen LogP contribution < -0.4 is 10.9 Å². The lowest BCUT2D eigenvalue weighted by Gasteiger charge is -1.93. The van der Waals surface area contributed by atoms with Crippen LogP contribution in [0.25, 0.3) is 0 Å². The Bertz CT molecular complexity index is 42.1. The van der Waals surface area contributed by atoms with Gasteiger partial charge in [-0.05, 0) is 6.42 Å². The van der Waals surface area contributed by atoms with Crippen molar-refractivity contribution in [2.24, 2.45) is 0 Å². The van der Waals surface area contributed by atoms with E-state index in [0.717, 1.165) is 13.0 Å². The van der Waals surface area contributed by atoms with Gasteiger partial charge in [0, 0.05) is 6.54 Å². The number of nitrogens with one attached hydrogen (secondary N) is 2. The minimum absolute atomic E-state index is 0.380. The van der Waals surface area contributed by atoms with E-state index in [1.165, 1.54) is 0 Å². The summed E-state index contributed by atoms with van der Waals surface area (Å²) < 4.78 is 0. The molecule has 0 radical (unpaired) electrons. The Morgan fingerprint density at radius 3 is 2.67 bits per heavy atom. The van der Waals surface area contributed by atoms with Crippen LogP contribution in [0, 0.1) is 0 Å². The Morgan fingerprint density at radius 2 is 2.50 bits per heavy atom. The van der Waals surface area contributed by atoms with Crippen LogP contribution in [-0.4, -0.2) is 11.9 Å². The highest BCUT2D eigenvalue weighted by Gasteiger charge is 2.05. The zero-order valence-corrected chi connectivity index (χ0v) is 4.33. The first-order chi connectivity index (χ1) is 2.89. The van der Waals surface area contributed by atoms with Crippen LogP contribution in [0.15, 0.2) is 0 Å². The fourth-order valence-corrected chi connectivity index (χ4v) is 0.691. The van der Waals surface area contributed by atoms with Gasteiger partial charge in [-0.15, -0.1) is 0 Å². The van der Waals surface area contributed by atoms with Crippen LogP contribution in [0.5, 0.6) is 0 Å². The third kappa shape index (κ3) is 0.864. The molecule has 0 aromatic rings. The van der Waals surface area contributed by atoms with Crippen molar-refractivity contribution in [3.63, 3.8) is 0 Å². The van der Waals surface area contributed by atoms with Crippen LogP contribution in [0.3, 0.4) is 0 Å². The van der Waals surface area contributed by atoms with Crippen molar-refractivity contribution in [1.82, 2.24) is 10.9 Å². The van der Waals surface area contributed by atoms with Gasteiger partial charge in [-0.3, -0.25) is 5.43 Å². The molecule has 1 fully saturated rings. The van der Waals surface area contributed by atoms with Crippen molar-refractivity contribution in [3.8, 4) is 0 Å². The van der Waals surface area contributed by atoms with Gasteiger partial charge < -0.3 is 0 Å². The van der Waals surface area contributed by atoms with E-state index in [1.54, 1.807) is 0 Å². The molecular formula is C3H8N2S. The quantitative estimate of drug-likeness (QED) is 0.369. The van der Waals surface area contributed by atoms with E-state index in [4.69, 9.17) is 0 Å². The van der Waals surface area contributed by atoms with Gasteiger partial charge in [-0.1, -0.05) is 0 Å². The highest BCUT2D eigenvalue weighted by atomic mass is 32.1. The topological polar surface area (TPSA) is 24.1 Å². The van der Waals surface area contributed by atoms with Gasteiger partial charge >= 0.3 is 0 Å². The van der Waals surface area contributed by atoms with Crippen molar-refractivity contribution in [2.45, 2.75) is 11.8 Å². The lowest BCUT2D eigenvalue weighted by molar-refractivity contribution is 0.670. The number of hydrogen-bond donors (Lipinski definition) is 3. The second-order valence-electron chi connectivity index (χ2n) is 1.38. The molecule has 2 nitrogen and oxygen atoms in total. The smallest absolute Gasteiger partial charge is 0.0649 e. The van der Waals surface area contributed by atoms with Crippen molar-refractivity contribution in [3.05, 3.63) is 0 Å². The van der Waals surface area contributed by atoms with E-state index in [1.807, 2.05) is 0 Å². The van der Waals surface area contributed by atoms with Crippen molar-refractivity contribution < 1.29 is 0 Å². The Labute approximate surface area is 42.7 Å². The predicted octanol–water partition coefficient (Wildman–Crippen LogP) is -0.260. The average molecular weight is 104 g/mol. The minimum atomic E-state index is 0.380. The summed E-state index contributed by atoms with van der Waals surface area (Å²) in [5.41, 5.74) is 5.88. The van der Waals surface area contributed by atoms with Crippen LogP contribution >= 0.6 is 12.6 Å². The van der Waals surface area contributed by atoms with Crippen LogP contribution in [-0.2, 0) is 0 Å². The first-order valence-electron chi connectivity index (χ1n) is 2.06. The average Bonchev–Trinajstić information content (AvgIpc) is 1.86. The fourth-order valence-electron chi connectivity index (χ4n) is 0.471. The SMILES string of the molecule is SC1CCNN1. The number of hydrogen-bond acceptors (Lipinski definition) is 3. The summed E-state index contributed by atoms with van der Waals surface area (Å²) in [5.74, 6) is 0. The highest BCUT2D eigenvalue weighted by Crippen LogP contribution is 1.97. The van der Waals surface area contributed by atoms with Gasteiger partial charge in [-0.2, -0.15) is 12.6 Å². The van der Waals surface area contributed by atoms with Crippen LogP contribution in [0.4, 0.5) is 0 Å². The maximum absolute atomic E-state index is 4.12. The minimum Gasteiger partial charge on any atom is -0.257 e. The van der Waals surface area contributed by atoms with Gasteiger partial charge in [0.05, 0.1) is 5.37 Å². The van der Waals surface area contributed by atoms with Crippen LogP contribution in [0.1, 0.15) is 6.42 Å². The maximum atomic E-state index is 4.12. The standard InChI is InChI=1S/C3H8N2S/c6-3-1-2-4-5-3/h3-6H,1-2H2. The largest absolute Gasteiger partial charge is 0.257 e. The molecule has 0 aromatic heterocycles. The molecule has 6 heavy (non-hydrogen) atoms. The number of thiol groups is 1. The summed E-state index contributed by atoms with van der Waals surface area (Å²) in [6.45, 7) is 1.05. The summed E-state index contributed by atoms with van der Waals surface area (Å²) in [4.78, 5) is 0. The summed E-state index contributed by atoms with van der Waals surface area (Å²) in [6.07, 6.45) is 1.13. The van der Waals surface area contributed by atoms with Gasteiger partial charge in [0.25, 0.3) is 0 Å². The molecule has 0 aliphatic carbocycles. The third-order valence-corrected chi connectivity index (χ3v) is 1.20. The summed E-state index contributed by atoms with van der Waals surface area (Å²) >= 11 is 4.12. The molecule has 0 spiro atoms. The first-order valence-corrected chi connectivity index (χ1v) is 2.58. The predicted molar refractivity (Wildman–Crippen MR) is 28.5 cm³/mol. The monoisotopic (exact) mass is 104 g/mol. The fraction of sp³-hybridized carbons (Fsp3) is 1.00. The normalized spacial score (nSPS) is 34.5. The second kappa shape index (κ2) is 1.82. The van der Waals surface area contributed by atoms with Gasteiger partial charge in [0.1, 0.15) is 0 Å². The van der Waals surface area contributed by atoms with Crippen LogP contribution in [0.2, 0.25) is 0 Å². The molecule has 1 unspecified atom stereocenters. The molecule has 1 atom stereocenters. The van der Waals surface area contributed by atoms with Gasteiger partial charge in [0.15, 0.2) is 0 Å². The van der Waals surface area contributed by atoms with Crippen molar-refractivity contribution in [1.29, 1.82) is 0 Å². The zero-order chi connectivity index (χ0) is 4.41. The highest BCUT2D eigenvalue weighted by molar-refractivity contribution is 7.80. The number of hydrazine groups is 1.